The molecule has 3 fully saturated rings. The number of hydrogen-bond donors (Lipinski definition) is 0. The Morgan fingerprint density at radius 1 is 1.11 bits per heavy atom. The van der Waals surface area contributed by atoms with Gasteiger partial charge in [0, 0.05) is 43.6 Å². The Morgan fingerprint density at radius 2 is 1.82 bits per heavy atom. The van der Waals surface area contributed by atoms with Crippen molar-refractivity contribution in [1.29, 1.82) is 0 Å². The number of nitrogens with zero attached hydrogens (tertiary/aromatic N) is 4. The first-order valence-corrected chi connectivity index (χ1v) is 10.0. The van der Waals surface area contributed by atoms with E-state index in [4.69, 9.17) is 4.52 Å². The summed E-state index contributed by atoms with van der Waals surface area (Å²) in [6, 6.07) is 9.33. The number of fused-ring (bicyclic) bond motifs is 1. The van der Waals surface area contributed by atoms with Crippen molar-refractivity contribution in [2.45, 2.75) is 31.6 Å². The molecule has 1 aromatic carbocycles. The topological polar surface area (TPSA) is 79.5 Å². The molecule has 7 heteroatoms. The minimum atomic E-state index is -0.467. The fourth-order valence-electron chi connectivity index (χ4n) is 4.87. The van der Waals surface area contributed by atoms with Crippen molar-refractivity contribution in [3.63, 3.8) is 0 Å². The zero-order valence-corrected chi connectivity index (χ0v) is 16.0. The van der Waals surface area contributed by atoms with Crippen LogP contribution in [0.3, 0.4) is 0 Å². The van der Waals surface area contributed by atoms with Crippen LogP contribution in [0.15, 0.2) is 34.9 Å². The third-order valence-electron chi connectivity index (χ3n) is 6.64. The molecule has 2 aromatic rings. The molecule has 5 rings (SSSR count). The molecule has 2 aliphatic heterocycles. The summed E-state index contributed by atoms with van der Waals surface area (Å²) in [7, 11) is 0. The highest BCUT2D eigenvalue weighted by Gasteiger charge is 2.59. The van der Waals surface area contributed by atoms with Gasteiger partial charge >= 0.3 is 0 Å². The van der Waals surface area contributed by atoms with Crippen molar-refractivity contribution >= 4 is 11.8 Å². The van der Waals surface area contributed by atoms with E-state index >= 15 is 0 Å². The fourth-order valence-corrected chi connectivity index (χ4v) is 4.87. The molecule has 1 saturated carbocycles. The molecule has 0 N–H and O–H groups in total. The summed E-state index contributed by atoms with van der Waals surface area (Å²) in [6.07, 6.45) is 3.12. The lowest BCUT2D eigenvalue weighted by atomic mass is 9.81. The van der Waals surface area contributed by atoms with E-state index in [1.165, 1.54) is 0 Å². The van der Waals surface area contributed by atoms with Crippen LogP contribution in [-0.4, -0.2) is 57.9 Å². The minimum absolute atomic E-state index is 0.0162. The van der Waals surface area contributed by atoms with E-state index in [1.807, 2.05) is 40.1 Å². The second-order valence-corrected chi connectivity index (χ2v) is 8.40. The molecule has 3 heterocycles. The second kappa shape index (κ2) is 6.43. The minimum Gasteiger partial charge on any atom is -0.341 e. The van der Waals surface area contributed by atoms with Crippen LogP contribution >= 0.6 is 0 Å². The smallest absolute Gasteiger partial charge is 0.253 e. The average Bonchev–Trinajstić information content (AvgIpc) is 3.32. The standard InChI is InChI=1S/C21H24N4O3/c1-14-22-20(28-23-14)21-12-24(18(26)15-6-3-2-4-7-15)10-17(21)11-25(13-21)19(27)16-8-5-9-16/h2-4,6-7,16-17H,5,8-13H2,1H3/t17-,21-/m1/s1. The molecular formula is C21H24N4O3. The Kier molecular flexibility index (Phi) is 4.00. The summed E-state index contributed by atoms with van der Waals surface area (Å²) in [4.78, 5) is 34.2. The molecule has 7 nitrogen and oxygen atoms in total. The molecule has 1 aromatic heterocycles. The number of likely N-dealkylation sites (tertiary alicyclic amines) is 2. The van der Waals surface area contributed by atoms with Crippen LogP contribution in [-0.2, 0) is 10.2 Å². The number of aryl methyl sites for hydroxylation is 1. The molecule has 0 unspecified atom stereocenters. The van der Waals surface area contributed by atoms with Crippen LogP contribution in [0.1, 0.15) is 41.3 Å². The third kappa shape index (κ3) is 2.64. The molecule has 0 bridgehead atoms. The van der Waals surface area contributed by atoms with E-state index in [-0.39, 0.29) is 23.7 Å². The SMILES string of the molecule is Cc1noc([C@@]23CN(C(=O)c4ccccc4)C[C@@H]2CN(C(=O)C2CCC2)C3)n1. The number of rotatable bonds is 3. The van der Waals surface area contributed by atoms with Crippen molar-refractivity contribution in [3.8, 4) is 0 Å². The van der Waals surface area contributed by atoms with Crippen molar-refractivity contribution in [2.24, 2.45) is 11.8 Å². The van der Waals surface area contributed by atoms with Gasteiger partial charge in [-0.2, -0.15) is 4.98 Å². The Balaban J connectivity index is 1.43. The van der Waals surface area contributed by atoms with Gasteiger partial charge in [-0.25, -0.2) is 0 Å². The monoisotopic (exact) mass is 380 g/mol. The van der Waals surface area contributed by atoms with Gasteiger partial charge in [-0.1, -0.05) is 29.8 Å². The summed E-state index contributed by atoms with van der Waals surface area (Å²) in [5.74, 6) is 1.69. The summed E-state index contributed by atoms with van der Waals surface area (Å²) >= 11 is 0. The third-order valence-corrected chi connectivity index (χ3v) is 6.64. The molecule has 2 atom stereocenters. The number of amides is 2. The lowest BCUT2D eigenvalue weighted by molar-refractivity contribution is -0.137. The van der Waals surface area contributed by atoms with Gasteiger partial charge in [-0.15, -0.1) is 0 Å². The van der Waals surface area contributed by atoms with E-state index in [1.54, 1.807) is 6.92 Å². The van der Waals surface area contributed by atoms with Gasteiger partial charge < -0.3 is 14.3 Å². The van der Waals surface area contributed by atoms with Crippen LogP contribution in [0.25, 0.3) is 0 Å². The van der Waals surface area contributed by atoms with E-state index in [9.17, 15) is 9.59 Å². The predicted octanol–water partition coefficient (Wildman–Crippen LogP) is 2.03. The zero-order chi connectivity index (χ0) is 19.3. The van der Waals surface area contributed by atoms with Crippen molar-refractivity contribution in [1.82, 2.24) is 19.9 Å². The van der Waals surface area contributed by atoms with Gasteiger partial charge in [-0.3, -0.25) is 9.59 Å². The van der Waals surface area contributed by atoms with Crippen molar-refractivity contribution in [3.05, 3.63) is 47.6 Å². The summed E-state index contributed by atoms with van der Waals surface area (Å²) in [6.45, 7) is 4.10. The quantitative estimate of drug-likeness (QED) is 0.814. The number of benzene rings is 1. The highest BCUT2D eigenvalue weighted by Crippen LogP contribution is 2.45. The molecule has 0 radical (unpaired) electrons. The van der Waals surface area contributed by atoms with Gasteiger partial charge in [0.05, 0.1) is 5.41 Å². The number of aromatic nitrogens is 2. The number of hydrogen-bond acceptors (Lipinski definition) is 5. The largest absolute Gasteiger partial charge is 0.341 e. The summed E-state index contributed by atoms with van der Waals surface area (Å²) < 4.78 is 5.58. The highest BCUT2D eigenvalue weighted by atomic mass is 16.5. The Bertz CT molecular complexity index is 907. The Morgan fingerprint density at radius 3 is 2.46 bits per heavy atom. The summed E-state index contributed by atoms with van der Waals surface area (Å²) in [5, 5.41) is 3.98. The van der Waals surface area contributed by atoms with Crippen LogP contribution in [0.5, 0.6) is 0 Å². The van der Waals surface area contributed by atoms with E-state index in [0.29, 0.717) is 43.5 Å². The first-order chi connectivity index (χ1) is 13.6. The first-order valence-electron chi connectivity index (χ1n) is 10.0. The lowest BCUT2D eigenvalue weighted by Crippen LogP contribution is -2.43. The molecule has 28 heavy (non-hydrogen) atoms. The van der Waals surface area contributed by atoms with Gasteiger partial charge in [-0.05, 0) is 31.9 Å². The van der Waals surface area contributed by atoms with Gasteiger partial charge in [0.15, 0.2) is 5.82 Å². The lowest BCUT2D eigenvalue weighted by Gasteiger charge is -2.31. The van der Waals surface area contributed by atoms with Crippen molar-refractivity contribution < 1.29 is 14.1 Å². The molecule has 0 spiro atoms. The Hall–Kier alpha value is -2.70. The van der Waals surface area contributed by atoms with Crippen LogP contribution in [0, 0.1) is 18.8 Å². The Labute approximate surface area is 163 Å². The van der Waals surface area contributed by atoms with Gasteiger partial charge in [0.2, 0.25) is 11.8 Å². The number of carbonyl (C=O) groups excluding carboxylic acids is 2. The van der Waals surface area contributed by atoms with Gasteiger partial charge in [0.25, 0.3) is 5.91 Å². The van der Waals surface area contributed by atoms with E-state index < -0.39 is 5.41 Å². The fraction of sp³-hybridized carbons (Fsp3) is 0.524. The van der Waals surface area contributed by atoms with Gasteiger partial charge in [0.1, 0.15) is 0 Å². The average molecular weight is 380 g/mol. The number of carbonyl (C=O) groups is 2. The zero-order valence-electron chi connectivity index (χ0n) is 16.0. The highest BCUT2D eigenvalue weighted by molar-refractivity contribution is 5.94. The molecule has 2 amide bonds. The molecule has 1 aliphatic carbocycles. The maximum Gasteiger partial charge on any atom is 0.253 e. The maximum absolute atomic E-state index is 13.0. The van der Waals surface area contributed by atoms with E-state index in [2.05, 4.69) is 10.1 Å². The van der Waals surface area contributed by atoms with Crippen LogP contribution in [0.2, 0.25) is 0 Å². The molecular weight excluding hydrogens is 356 g/mol. The van der Waals surface area contributed by atoms with E-state index in [0.717, 1.165) is 19.3 Å². The normalized spacial score (nSPS) is 27.0. The predicted molar refractivity (Wildman–Crippen MR) is 100 cm³/mol. The molecule has 3 aliphatic rings. The maximum atomic E-state index is 13.0. The first kappa shape index (κ1) is 17.4. The van der Waals surface area contributed by atoms with Crippen LogP contribution < -0.4 is 0 Å². The molecule has 146 valence electrons. The van der Waals surface area contributed by atoms with Crippen molar-refractivity contribution in [2.75, 3.05) is 26.2 Å². The van der Waals surface area contributed by atoms with Crippen LogP contribution in [0.4, 0.5) is 0 Å². The second-order valence-electron chi connectivity index (χ2n) is 8.40. The molecule has 2 saturated heterocycles. The summed E-state index contributed by atoms with van der Waals surface area (Å²) in [5.41, 5.74) is 0.215.